The van der Waals surface area contributed by atoms with E-state index in [0.717, 1.165) is 11.6 Å². The Morgan fingerprint density at radius 3 is 2.53 bits per heavy atom. The van der Waals surface area contributed by atoms with Crippen LogP contribution in [0.1, 0.15) is 25.3 Å². The minimum atomic E-state index is -0.658. The van der Waals surface area contributed by atoms with Crippen molar-refractivity contribution in [1.82, 2.24) is 4.98 Å². The van der Waals surface area contributed by atoms with Gasteiger partial charge in [-0.25, -0.2) is 0 Å². The molecule has 17 heavy (non-hydrogen) atoms. The molecule has 2 N–H and O–H groups in total. The van der Waals surface area contributed by atoms with Crippen LogP contribution in [0, 0.1) is 0 Å². The summed E-state index contributed by atoms with van der Waals surface area (Å²) in [5.41, 5.74) is 0.429. The van der Waals surface area contributed by atoms with E-state index in [4.69, 9.17) is 0 Å². The van der Waals surface area contributed by atoms with Crippen molar-refractivity contribution in [2.45, 2.75) is 19.8 Å². The van der Waals surface area contributed by atoms with Gasteiger partial charge < -0.3 is 10.1 Å². The molecule has 1 heterocycles. The molecule has 4 nitrogen and oxygen atoms in total. The van der Waals surface area contributed by atoms with Gasteiger partial charge in [0, 0.05) is 11.5 Å². The highest BCUT2D eigenvalue weighted by Gasteiger charge is 2.05. The SMILES string of the molecule is CC(C)c1ccc2[nH]c(=O)c(O)cc(=O)c2c1. The number of aromatic hydroxyl groups is 1. The van der Waals surface area contributed by atoms with Crippen LogP contribution in [0.15, 0.2) is 33.9 Å². The molecule has 1 aromatic carbocycles. The Hall–Kier alpha value is -2.10. The summed E-state index contributed by atoms with van der Waals surface area (Å²) >= 11 is 0. The van der Waals surface area contributed by atoms with E-state index in [1.807, 2.05) is 19.9 Å². The molecule has 0 aliphatic carbocycles. The number of benzene rings is 1. The van der Waals surface area contributed by atoms with Crippen molar-refractivity contribution in [2.24, 2.45) is 0 Å². The molecule has 0 radical (unpaired) electrons. The monoisotopic (exact) mass is 231 g/mol. The predicted octanol–water partition coefficient (Wildman–Crippen LogP) is 1.72. The van der Waals surface area contributed by atoms with Crippen molar-refractivity contribution in [3.8, 4) is 5.75 Å². The molecule has 0 spiro atoms. The largest absolute Gasteiger partial charge is 0.503 e. The topological polar surface area (TPSA) is 70.2 Å². The first-order chi connectivity index (χ1) is 7.99. The summed E-state index contributed by atoms with van der Waals surface area (Å²) in [5.74, 6) is -0.262. The van der Waals surface area contributed by atoms with Gasteiger partial charge in [0.05, 0.1) is 5.52 Å². The van der Waals surface area contributed by atoms with E-state index in [1.54, 1.807) is 12.1 Å². The molecule has 0 amide bonds. The van der Waals surface area contributed by atoms with E-state index in [0.29, 0.717) is 16.8 Å². The molecule has 0 bridgehead atoms. The summed E-state index contributed by atoms with van der Waals surface area (Å²) in [5, 5.41) is 9.72. The maximum atomic E-state index is 11.8. The summed E-state index contributed by atoms with van der Waals surface area (Å²) in [6, 6.07) is 6.25. The molecular weight excluding hydrogens is 218 g/mol. The van der Waals surface area contributed by atoms with Crippen molar-refractivity contribution in [3.05, 3.63) is 50.4 Å². The van der Waals surface area contributed by atoms with Gasteiger partial charge >= 0.3 is 0 Å². The first kappa shape index (κ1) is 11.4. The summed E-state index contributed by atoms with van der Waals surface area (Å²) < 4.78 is 0. The Morgan fingerprint density at radius 2 is 1.88 bits per heavy atom. The highest BCUT2D eigenvalue weighted by atomic mass is 16.3. The van der Waals surface area contributed by atoms with Crippen LogP contribution in [0.5, 0.6) is 5.75 Å². The van der Waals surface area contributed by atoms with Crippen molar-refractivity contribution in [2.75, 3.05) is 0 Å². The Kier molecular flexibility index (Phi) is 2.71. The lowest BCUT2D eigenvalue weighted by Crippen LogP contribution is -2.00. The van der Waals surface area contributed by atoms with Gasteiger partial charge in [0.2, 0.25) is 0 Å². The standard InChI is InChI=1S/C13H13NO3/c1-7(2)8-3-4-10-9(5-8)11(15)6-12(16)13(17)14-10/h3-7,16H,1-2H3,(H,14,17). The van der Waals surface area contributed by atoms with Crippen LogP contribution >= 0.6 is 0 Å². The molecule has 4 heteroatoms. The van der Waals surface area contributed by atoms with Gasteiger partial charge in [-0.1, -0.05) is 19.9 Å². The summed E-state index contributed by atoms with van der Waals surface area (Å²) in [7, 11) is 0. The number of hydrogen-bond donors (Lipinski definition) is 2. The first-order valence-corrected chi connectivity index (χ1v) is 5.39. The van der Waals surface area contributed by atoms with Crippen molar-refractivity contribution in [1.29, 1.82) is 0 Å². The lowest BCUT2D eigenvalue weighted by molar-refractivity contribution is 0.468. The summed E-state index contributed by atoms with van der Waals surface area (Å²) in [4.78, 5) is 25.7. The maximum Gasteiger partial charge on any atom is 0.290 e. The second kappa shape index (κ2) is 4.05. The zero-order chi connectivity index (χ0) is 12.6. The number of aromatic amines is 1. The van der Waals surface area contributed by atoms with E-state index < -0.39 is 11.3 Å². The van der Waals surface area contributed by atoms with Crippen molar-refractivity contribution >= 4 is 10.9 Å². The molecule has 0 aliphatic rings. The molecular formula is C13H13NO3. The van der Waals surface area contributed by atoms with Gasteiger partial charge in [0.25, 0.3) is 5.56 Å². The van der Waals surface area contributed by atoms with Gasteiger partial charge in [-0.2, -0.15) is 0 Å². The van der Waals surface area contributed by atoms with Crippen LogP contribution in [0.25, 0.3) is 10.9 Å². The fourth-order valence-corrected chi connectivity index (χ4v) is 1.69. The van der Waals surface area contributed by atoms with E-state index in [9.17, 15) is 14.7 Å². The van der Waals surface area contributed by atoms with Crippen LogP contribution in [-0.2, 0) is 0 Å². The zero-order valence-corrected chi connectivity index (χ0v) is 9.65. The minimum absolute atomic E-state index is 0.296. The number of hydrogen-bond acceptors (Lipinski definition) is 3. The van der Waals surface area contributed by atoms with E-state index >= 15 is 0 Å². The van der Waals surface area contributed by atoms with Gasteiger partial charge in [0.1, 0.15) is 0 Å². The molecule has 0 aliphatic heterocycles. The fraction of sp³-hybridized carbons (Fsp3) is 0.231. The van der Waals surface area contributed by atoms with Crippen LogP contribution in [0.2, 0.25) is 0 Å². The summed E-state index contributed by atoms with van der Waals surface area (Å²) in [6.07, 6.45) is 0. The fourth-order valence-electron chi connectivity index (χ4n) is 1.69. The predicted molar refractivity (Wildman–Crippen MR) is 66.6 cm³/mol. The summed E-state index contributed by atoms with van der Waals surface area (Å²) in [6.45, 7) is 4.05. The highest BCUT2D eigenvalue weighted by molar-refractivity contribution is 5.78. The number of aromatic nitrogens is 1. The van der Waals surface area contributed by atoms with E-state index in [-0.39, 0.29) is 5.43 Å². The lowest BCUT2D eigenvalue weighted by atomic mass is 10.0. The number of rotatable bonds is 1. The number of nitrogens with one attached hydrogen (secondary N) is 1. The average molecular weight is 231 g/mol. The molecule has 88 valence electrons. The molecule has 0 fully saturated rings. The molecule has 0 saturated carbocycles. The third-order valence-corrected chi connectivity index (χ3v) is 2.72. The minimum Gasteiger partial charge on any atom is -0.503 e. The number of fused-ring (bicyclic) bond motifs is 1. The third kappa shape index (κ3) is 2.06. The number of H-pyrrole nitrogens is 1. The van der Waals surface area contributed by atoms with Crippen molar-refractivity contribution in [3.63, 3.8) is 0 Å². The van der Waals surface area contributed by atoms with Gasteiger partial charge in [-0.3, -0.25) is 9.59 Å². The normalized spacial score (nSPS) is 11.0. The van der Waals surface area contributed by atoms with E-state index in [1.165, 1.54) is 0 Å². The molecule has 0 atom stereocenters. The van der Waals surface area contributed by atoms with Gasteiger partial charge in [-0.05, 0) is 23.6 Å². The molecule has 1 aromatic heterocycles. The second-order valence-electron chi connectivity index (χ2n) is 4.31. The van der Waals surface area contributed by atoms with Gasteiger partial charge in [-0.15, -0.1) is 0 Å². The van der Waals surface area contributed by atoms with Crippen LogP contribution in [0.3, 0.4) is 0 Å². The van der Waals surface area contributed by atoms with Crippen molar-refractivity contribution < 1.29 is 5.11 Å². The highest BCUT2D eigenvalue weighted by Crippen LogP contribution is 2.17. The molecule has 0 saturated heterocycles. The quantitative estimate of drug-likeness (QED) is 0.785. The second-order valence-corrected chi connectivity index (χ2v) is 4.31. The van der Waals surface area contributed by atoms with Gasteiger partial charge in [0.15, 0.2) is 11.2 Å². The molecule has 0 unspecified atom stereocenters. The zero-order valence-electron chi connectivity index (χ0n) is 9.65. The average Bonchev–Trinajstić information content (AvgIpc) is 2.37. The smallest absolute Gasteiger partial charge is 0.290 e. The lowest BCUT2D eigenvalue weighted by Gasteiger charge is -2.04. The molecule has 2 aromatic rings. The first-order valence-electron chi connectivity index (χ1n) is 5.39. The Labute approximate surface area is 97.6 Å². The Bertz CT molecular complexity index is 686. The third-order valence-electron chi connectivity index (χ3n) is 2.72. The maximum absolute atomic E-state index is 11.8. The van der Waals surface area contributed by atoms with Crippen LogP contribution < -0.4 is 11.0 Å². The Balaban J connectivity index is 2.93. The molecule has 2 rings (SSSR count). The van der Waals surface area contributed by atoms with E-state index in [2.05, 4.69) is 4.98 Å². The van der Waals surface area contributed by atoms with Crippen LogP contribution in [-0.4, -0.2) is 10.1 Å². The van der Waals surface area contributed by atoms with Crippen LogP contribution in [0.4, 0.5) is 0 Å². The Morgan fingerprint density at radius 1 is 1.18 bits per heavy atom.